The molecule has 0 spiro atoms. The van der Waals surface area contributed by atoms with E-state index in [1.807, 2.05) is 31.2 Å². The second-order valence-corrected chi connectivity index (χ2v) is 9.16. The largest absolute Gasteiger partial charge is 0.490 e. The average Bonchev–Trinajstić information content (AvgIpc) is 3.39. The summed E-state index contributed by atoms with van der Waals surface area (Å²) in [5, 5.41) is 0. The van der Waals surface area contributed by atoms with Crippen molar-refractivity contribution in [3.63, 3.8) is 0 Å². The summed E-state index contributed by atoms with van der Waals surface area (Å²) >= 11 is 6.73. The van der Waals surface area contributed by atoms with Crippen molar-refractivity contribution < 1.29 is 23.4 Å². The van der Waals surface area contributed by atoms with Gasteiger partial charge in [0.2, 0.25) is 0 Å². The molecule has 8 heteroatoms. The summed E-state index contributed by atoms with van der Waals surface area (Å²) in [6.07, 6.45) is 3.85. The molecule has 2 aromatic rings. The van der Waals surface area contributed by atoms with E-state index in [4.69, 9.17) is 26.4 Å². The Bertz CT molecular complexity index is 1020. The molecule has 0 unspecified atom stereocenters. The second kappa shape index (κ2) is 10.5. The smallest absolute Gasteiger partial charge is 0.266 e. The third kappa shape index (κ3) is 5.49. The van der Waals surface area contributed by atoms with Gasteiger partial charge in [-0.1, -0.05) is 42.2 Å². The van der Waals surface area contributed by atoms with Gasteiger partial charge in [-0.2, -0.15) is 0 Å². The summed E-state index contributed by atoms with van der Waals surface area (Å²) in [6, 6.07) is 11.7. The van der Waals surface area contributed by atoms with E-state index in [9.17, 15) is 9.18 Å². The first-order valence-electron chi connectivity index (χ1n) is 10.5. The molecule has 0 saturated carbocycles. The van der Waals surface area contributed by atoms with E-state index in [-0.39, 0.29) is 17.8 Å². The van der Waals surface area contributed by atoms with Crippen LogP contribution in [0, 0.1) is 5.82 Å². The van der Waals surface area contributed by atoms with Crippen LogP contribution in [0.4, 0.5) is 4.39 Å². The standard InChI is InChI=1S/C24H24FNO4S2/c1-2-28-21-12-17(7-10-20(21)30-15-16-5-8-18(25)9-6-16)13-22-23(27)26(24(31)32-22)14-19-4-3-11-29-19/h5-10,12-13,19H,2-4,11,14-15H2,1H3/b22-13-/t19-/m0/s1. The fourth-order valence-corrected chi connectivity index (χ4v) is 4.82. The van der Waals surface area contributed by atoms with E-state index >= 15 is 0 Å². The maximum Gasteiger partial charge on any atom is 0.266 e. The van der Waals surface area contributed by atoms with Crippen molar-refractivity contribution in [3.8, 4) is 11.5 Å². The molecule has 2 fully saturated rings. The van der Waals surface area contributed by atoms with Crippen molar-refractivity contribution in [2.45, 2.75) is 32.5 Å². The zero-order chi connectivity index (χ0) is 22.5. The fourth-order valence-electron chi connectivity index (χ4n) is 3.54. The molecule has 0 radical (unpaired) electrons. The summed E-state index contributed by atoms with van der Waals surface area (Å²) < 4.78 is 30.9. The van der Waals surface area contributed by atoms with Crippen LogP contribution in [0.3, 0.4) is 0 Å². The van der Waals surface area contributed by atoms with Crippen molar-refractivity contribution in [3.05, 3.63) is 64.3 Å². The molecule has 4 rings (SSSR count). The predicted molar refractivity (Wildman–Crippen MR) is 127 cm³/mol. The Morgan fingerprint density at radius 3 is 2.75 bits per heavy atom. The number of thioether (sulfide) groups is 1. The molecule has 1 amide bonds. The zero-order valence-corrected chi connectivity index (χ0v) is 19.3. The van der Waals surface area contributed by atoms with Gasteiger partial charge in [0.1, 0.15) is 16.7 Å². The van der Waals surface area contributed by atoms with Gasteiger partial charge in [-0.05, 0) is 61.2 Å². The molecular formula is C24H24FNO4S2. The van der Waals surface area contributed by atoms with Crippen LogP contribution in [-0.4, -0.2) is 41.0 Å². The van der Waals surface area contributed by atoms with Crippen LogP contribution >= 0.6 is 24.0 Å². The SMILES string of the molecule is CCOc1cc(/C=C2\SC(=S)N(C[C@@H]3CCCO3)C2=O)ccc1OCc1ccc(F)cc1. The highest BCUT2D eigenvalue weighted by molar-refractivity contribution is 8.26. The summed E-state index contributed by atoms with van der Waals surface area (Å²) in [6.45, 7) is 3.90. The van der Waals surface area contributed by atoms with Crippen LogP contribution in [-0.2, 0) is 16.1 Å². The number of nitrogens with zero attached hydrogens (tertiary/aromatic N) is 1. The van der Waals surface area contributed by atoms with Crippen molar-refractivity contribution in [1.29, 1.82) is 0 Å². The minimum absolute atomic E-state index is 0.0546. The van der Waals surface area contributed by atoms with E-state index in [2.05, 4.69) is 0 Å². The highest BCUT2D eigenvalue weighted by atomic mass is 32.2. The Kier molecular flexibility index (Phi) is 7.44. The van der Waals surface area contributed by atoms with Gasteiger partial charge in [-0.3, -0.25) is 9.69 Å². The Morgan fingerprint density at radius 1 is 1.22 bits per heavy atom. The van der Waals surface area contributed by atoms with Gasteiger partial charge in [0.25, 0.3) is 5.91 Å². The van der Waals surface area contributed by atoms with Crippen molar-refractivity contribution in [2.24, 2.45) is 0 Å². The van der Waals surface area contributed by atoms with Crippen molar-refractivity contribution in [1.82, 2.24) is 4.90 Å². The molecule has 2 saturated heterocycles. The van der Waals surface area contributed by atoms with Crippen LogP contribution in [0.25, 0.3) is 6.08 Å². The highest BCUT2D eigenvalue weighted by Crippen LogP contribution is 2.35. The summed E-state index contributed by atoms with van der Waals surface area (Å²) in [5.74, 6) is 0.789. The highest BCUT2D eigenvalue weighted by Gasteiger charge is 2.34. The van der Waals surface area contributed by atoms with E-state index in [1.165, 1.54) is 23.9 Å². The normalized spacial score (nSPS) is 19.8. The minimum Gasteiger partial charge on any atom is -0.490 e. The number of amides is 1. The van der Waals surface area contributed by atoms with E-state index in [0.717, 1.165) is 30.6 Å². The first-order chi connectivity index (χ1) is 15.5. The predicted octanol–water partition coefficient (Wildman–Crippen LogP) is 5.18. The monoisotopic (exact) mass is 473 g/mol. The second-order valence-electron chi connectivity index (χ2n) is 7.48. The molecule has 0 aliphatic carbocycles. The van der Waals surface area contributed by atoms with Crippen molar-refractivity contribution in [2.75, 3.05) is 19.8 Å². The lowest BCUT2D eigenvalue weighted by Crippen LogP contribution is -2.35. The number of rotatable bonds is 8. The first-order valence-corrected chi connectivity index (χ1v) is 11.8. The summed E-state index contributed by atoms with van der Waals surface area (Å²) in [4.78, 5) is 15.1. The van der Waals surface area contributed by atoms with Crippen LogP contribution in [0.2, 0.25) is 0 Å². The van der Waals surface area contributed by atoms with Crippen LogP contribution in [0.15, 0.2) is 47.4 Å². The van der Waals surface area contributed by atoms with Gasteiger partial charge < -0.3 is 14.2 Å². The summed E-state index contributed by atoms with van der Waals surface area (Å²) in [7, 11) is 0. The van der Waals surface area contributed by atoms with Crippen LogP contribution in [0.5, 0.6) is 11.5 Å². The van der Waals surface area contributed by atoms with Crippen LogP contribution in [0.1, 0.15) is 30.9 Å². The van der Waals surface area contributed by atoms with Gasteiger partial charge in [0.05, 0.1) is 24.2 Å². The molecule has 0 bridgehead atoms. The molecule has 0 N–H and O–H groups in total. The van der Waals surface area contributed by atoms with Gasteiger partial charge in [0, 0.05) is 6.61 Å². The Hall–Kier alpha value is -2.42. The first kappa shape index (κ1) is 22.8. The number of thiocarbonyl (C=S) groups is 1. The maximum atomic E-state index is 13.1. The third-order valence-corrected chi connectivity index (χ3v) is 6.53. The van der Waals surface area contributed by atoms with Crippen molar-refractivity contribution >= 4 is 40.3 Å². The van der Waals surface area contributed by atoms with E-state index in [0.29, 0.717) is 40.5 Å². The van der Waals surface area contributed by atoms with Gasteiger partial charge in [0.15, 0.2) is 11.5 Å². The van der Waals surface area contributed by atoms with Crippen LogP contribution < -0.4 is 9.47 Å². The topological polar surface area (TPSA) is 48.0 Å². The molecule has 168 valence electrons. The number of hydrogen-bond donors (Lipinski definition) is 0. The molecule has 1 atom stereocenters. The average molecular weight is 474 g/mol. The number of ether oxygens (including phenoxy) is 3. The lowest BCUT2D eigenvalue weighted by molar-refractivity contribution is -0.123. The van der Waals surface area contributed by atoms with Gasteiger partial charge >= 0.3 is 0 Å². The maximum absolute atomic E-state index is 13.1. The molecule has 2 aliphatic heterocycles. The zero-order valence-electron chi connectivity index (χ0n) is 17.7. The minimum atomic E-state index is -0.283. The molecule has 2 aliphatic rings. The molecule has 2 heterocycles. The molecule has 5 nitrogen and oxygen atoms in total. The van der Waals surface area contributed by atoms with E-state index in [1.54, 1.807) is 17.0 Å². The fraction of sp³-hybridized carbons (Fsp3) is 0.333. The van der Waals surface area contributed by atoms with E-state index < -0.39 is 0 Å². The lowest BCUT2D eigenvalue weighted by atomic mass is 10.1. The molecule has 2 aromatic carbocycles. The number of hydrogen-bond acceptors (Lipinski definition) is 6. The Labute approximate surface area is 196 Å². The van der Waals surface area contributed by atoms with Gasteiger partial charge in [-0.15, -0.1) is 0 Å². The molecule has 0 aromatic heterocycles. The number of carbonyl (C=O) groups excluding carboxylic acids is 1. The summed E-state index contributed by atoms with van der Waals surface area (Å²) in [5.41, 5.74) is 1.67. The number of benzene rings is 2. The Balaban J connectivity index is 1.47. The molecule has 32 heavy (non-hydrogen) atoms. The molecular weight excluding hydrogens is 449 g/mol. The third-order valence-electron chi connectivity index (χ3n) is 5.16. The number of halogens is 1. The van der Waals surface area contributed by atoms with Gasteiger partial charge in [-0.25, -0.2) is 4.39 Å². The lowest BCUT2D eigenvalue weighted by Gasteiger charge is -2.18. The Morgan fingerprint density at radius 2 is 2.03 bits per heavy atom. The quantitative estimate of drug-likeness (QED) is 0.389. The number of carbonyl (C=O) groups is 1.